The summed E-state index contributed by atoms with van der Waals surface area (Å²) in [7, 11) is 0. The topological polar surface area (TPSA) is 101 Å². The highest BCUT2D eigenvalue weighted by atomic mass is 16.6. The van der Waals surface area contributed by atoms with Crippen molar-refractivity contribution in [3.8, 4) is 0 Å². The molecule has 1 aliphatic rings. The number of benzene rings is 2. The van der Waals surface area contributed by atoms with Gasteiger partial charge in [-0.15, -0.1) is 0 Å². The highest BCUT2D eigenvalue weighted by Gasteiger charge is 2.26. The maximum Gasteiger partial charge on any atom is 0.412 e. The molecular weight excluding hydrogens is 456 g/mol. The normalized spacial score (nSPS) is 12.6. The summed E-state index contributed by atoms with van der Waals surface area (Å²) in [6, 6.07) is 16.2. The second-order valence-electron chi connectivity index (χ2n) is 9.77. The number of anilines is 3. The zero-order valence-electron chi connectivity index (χ0n) is 20.9. The molecule has 0 fully saturated rings. The van der Waals surface area contributed by atoms with Crippen LogP contribution in [0.1, 0.15) is 48.0 Å². The first kappa shape index (κ1) is 24.9. The number of nitrogens with one attached hydrogen (secondary N) is 2. The van der Waals surface area contributed by atoms with Crippen LogP contribution in [-0.4, -0.2) is 35.0 Å². The smallest absolute Gasteiger partial charge is 0.412 e. The Morgan fingerprint density at radius 3 is 2.56 bits per heavy atom. The molecule has 4 rings (SSSR count). The van der Waals surface area contributed by atoms with Crippen LogP contribution in [0.2, 0.25) is 0 Å². The minimum Gasteiger partial charge on any atom is -0.444 e. The number of aryl methyl sites for hydroxylation is 1. The summed E-state index contributed by atoms with van der Waals surface area (Å²) >= 11 is 0. The van der Waals surface area contributed by atoms with E-state index in [0.717, 1.165) is 22.5 Å². The molecule has 2 N–H and O–H groups in total. The number of rotatable bonds is 5. The molecule has 8 nitrogen and oxygen atoms in total. The van der Waals surface area contributed by atoms with Gasteiger partial charge in [0.2, 0.25) is 5.91 Å². The Labute approximate surface area is 210 Å². The van der Waals surface area contributed by atoms with Crippen LogP contribution < -0.4 is 15.5 Å². The summed E-state index contributed by atoms with van der Waals surface area (Å²) in [5.74, 6) is -0.371. The number of carbonyl (C=O) groups is 3. The number of ether oxygens (including phenoxy) is 1. The van der Waals surface area contributed by atoms with E-state index >= 15 is 0 Å². The van der Waals surface area contributed by atoms with Crippen LogP contribution in [0.4, 0.5) is 21.9 Å². The van der Waals surface area contributed by atoms with Gasteiger partial charge in [-0.25, -0.2) is 4.79 Å². The van der Waals surface area contributed by atoms with E-state index in [9.17, 15) is 14.4 Å². The number of hydrogen-bond donors (Lipinski definition) is 2. The molecule has 1 aromatic heterocycles. The first-order valence-corrected chi connectivity index (χ1v) is 11.8. The molecule has 0 spiro atoms. The number of aromatic nitrogens is 1. The van der Waals surface area contributed by atoms with Gasteiger partial charge in [0.1, 0.15) is 5.60 Å². The lowest BCUT2D eigenvalue weighted by Crippen LogP contribution is -2.30. The van der Waals surface area contributed by atoms with Gasteiger partial charge in [0.05, 0.1) is 17.7 Å². The Hall–Kier alpha value is -4.20. The lowest BCUT2D eigenvalue weighted by atomic mass is 10.1. The van der Waals surface area contributed by atoms with Crippen LogP contribution in [0.5, 0.6) is 0 Å². The lowest BCUT2D eigenvalue weighted by Gasteiger charge is -2.20. The Kier molecular flexibility index (Phi) is 7.05. The van der Waals surface area contributed by atoms with Crippen molar-refractivity contribution in [1.29, 1.82) is 0 Å². The van der Waals surface area contributed by atoms with Crippen LogP contribution >= 0.6 is 0 Å². The molecule has 2 aromatic carbocycles. The quantitative estimate of drug-likeness (QED) is 0.521. The Morgan fingerprint density at radius 1 is 1.03 bits per heavy atom. The highest BCUT2D eigenvalue weighted by Crippen LogP contribution is 2.31. The van der Waals surface area contributed by atoms with Gasteiger partial charge in [0, 0.05) is 29.8 Å². The molecule has 36 heavy (non-hydrogen) atoms. The average Bonchev–Trinajstić information content (AvgIpc) is 3.22. The van der Waals surface area contributed by atoms with E-state index in [2.05, 4.69) is 15.6 Å². The van der Waals surface area contributed by atoms with Gasteiger partial charge in [0.15, 0.2) is 0 Å². The number of amides is 3. The SMILES string of the molecule is Cc1ccc(C(=O)Nc2ccc3c(c2)CCN3C(=O)Cc2ccccn2)c(NC(=O)OC(C)(C)C)c1. The molecule has 0 radical (unpaired) electrons. The van der Waals surface area contributed by atoms with E-state index in [1.807, 2.05) is 43.3 Å². The molecule has 0 bridgehead atoms. The summed E-state index contributed by atoms with van der Waals surface area (Å²) in [5, 5.41) is 5.59. The van der Waals surface area contributed by atoms with Crippen LogP contribution in [-0.2, 0) is 22.4 Å². The third kappa shape index (κ3) is 6.07. The molecule has 3 aromatic rings. The van der Waals surface area contributed by atoms with Crippen LogP contribution in [0.25, 0.3) is 0 Å². The maximum atomic E-state index is 13.1. The summed E-state index contributed by atoms with van der Waals surface area (Å²) in [6.45, 7) is 7.79. The van der Waals surface area contributed by atoms with Gasteiger partial charge in [-0.1, -0.05) is 12.1 Å². The molecule has 186 valence electrons. The van der Waals surface area contributed by atoms with E-state index in [1.54, 1.807) is 50.1 Å². The molecular formula is C28H30N4O4. The first-order chi connectivity index (χ1) is 17.1. The van der Waals surface area contributed by atoms with Gasteiger partial charge in [0.25, 0.3) is 5.91 Å². The van der Waals surface area contributed by atoms with Gasteiger partial charge in [-0.3, -0.25) is 19.9 Å². The van der Waals surface area contributed by atoms with Crippen molar-refractivity contribution in [2.75, 3.05) is 22.1 Å². The molecule has 1 aliphatic heterocycles. The fourth-order valence-electron chi connectivity index (χ4n) is 4.06. The number of nitrogens with zero attached hydrogens (tertiary/aromatic N) is 2. The predicted molar refractivity (Wildman–Crippen MR) is 139 cm³/mol. The van der Waals surface area contributed by atoms with Crippen molar-refractivity contribution >= 4 is 35.0 Å². The Balaban J connectivity index is 1.47. The van der Waals surface area contributed by atoms with Gasteiger partial charge in [-0.05, 0) is 87.7 Å². The second-order valence-corrected chi connectivity index (χ2v) is 9.77. The minimum absolute atomic E-state index is 0.0123. The van der Waals surface area contributed by atoms with Crippen molar-refractivity contribution in [3.63, 3.8) is 0 Å². The van der Waals surface area contributed by atoms with E-state index < -0.39 is 11.7 Å². The van der Waals surface area contributed by atoms with Crippen LogP contribution in [0.15, 0.2) is 60.8 Å². The highest BCUT2D eigenvalue weighted by molar-refractivity contribution is 6.10. The number of fused-ring (bicyclic) bond motifs is 1. The van der Waals surface area contributed by atoms with E-state index in [0.29, 0.717) is 29.9 Å². The van der Waals surface area contributed by atoms with Crippen molar-refractivity contribution < 1.29 is 19.1 Å². The third-order valence-corrected chi connectivity index (χ3v) is 5.65. The standard InChI is InChI=1S/C28H30N4O4/c1-18-8-10-22(23(15-18)31-27(35)36-28(2,3)4)26(34)30-21-9-11-24-19(16-21)12-14-32(24)25(33)17-20-7-5-6-13-29-20/h5-11,13,15-16H,12,14,17H2,1-4H3,(H,30,34)(H,31,35). The molecule has 0 aliphatic carbocycles. The van der Waals surface area contributed by atoms with Crippen molar-refractivity contribution in [2.45, 2.75) is 46.1 Å². The minimum atomic E-state index is -0.659. The fraction of sp³-hybridized carbons (Fsp3) is 0.286. The number of carbonyl (C=O) groups excluding carboxylic acids is 3. The van der Waals surface area contributed by atoms with E-state index in [1.165, 1.54) is 0 Å². The molecule has 0 saturated heterocycles. The summed E-state index contributed by atoms with van der Waals surface area (Å²) in [5.41, 5.74) is 4.09. The van der Waals surface area contributed by atoms with E-state index in [4.69, 9.17) is 4.74 Å². The summed E-state index contributed by atoms with van der Waals surface area (Å²) < 4.78 is 5.33. The second kappa shape index (κ2) is 10.2. The maximum absolute atomic E-state index is 13.1. The molecule has 0 atom stereocenters. The third-order valence-electron chi connectivity index (χ3n) is 5.65. The van der Waals surface area contributed by atoms with Gasteiger partial charge >= 0.3 is 6.09 Å². The number of hydrogen-bond acceptors (Lipinski definition) is 5. The first-order valence-electron chi connectivity index (χ1n) is 11.8. The lowest BCUT2D eigenvalue weighted by molar-refractivity contribution is -0.117. The molecule has 0 unspecified atom stereocenters. The largest absolute Gasteiger partial charge is 0.444 e. The monoisotopic (exact) mass is 486 g/mol. The Morgan fingerprint density at radius 2 is 1.83 bits per heavy atom. The van der Waals surface area contributed by atoms with Gasteiger partial charge in [-0.2, -0.15) is 0 Å². The molecule has 0 saturated carbocycles. The summed E-state index contributed by atoms with van der Waals surface area (Å²) in [4.78, 5) is 44.3. The van der Waals surface area contributed by atoms with E-state index in [-0.39, 0.29) is 18.2 Å². The fourth-order valence-corrected chi connectivity index (χ4v) is 4.06. The number of pyridine rings is 1. The molecule has 2 heterocycles. The summed E-state index contributed by atoms with van der Waals surface area (Å²) in [6.07, 6.45) is 1.98. The van der Waals surface area contributed by atoms with Crippen LogP contribution in [0, 0.1) is 6.92 Å². The van der Waals surface area contributed by atoms with Crippen molar-refractivity contribution in [2.24, 2.45) is 0 Å². The predicted octanol–water partition coefficient (Wildman–Crippen LogP) is 5.12. The van der Waals surface area contributed by atoms with Gasteiger partial charge < -0.3 is 15.0 Å². The zero-order chi connectivity index (χ0) is 25.9. The van der Waals surface area contributed by atoms with Crippen molar-refractivity contribution in [3.05, 3.63) is 83.2 Å². The molecule has 8 heteroatoms. The van der Waals surface area contributed by atoms with Crippen LogP contribution in [0.3, 0.4) is 0 Å². The molecule has 3 amide bonds. The van der Waals surface area contributed by atoms with Crippen molar-refractivity contribution in [1.82, 2.24) is 4.98 Å². The zero-order valence-corrected chi connectivity index (χ0v) is 20.9. The average molecular weight is 487 g/mol. The Bertz CT molecular complexity index is 1300.